The smallest absolute Gasteiger partial charge is 0.303 e. The van der Waals surface area contributed by atoms with Crippen LogP contribution < -0.4 is 0 Å². The highest BCUT2D eigenvalue weighted by Gasteiger charge is 2.06. The second-order valence-electron chi connectivity index (χ2n) is 4.56. The number of aromatic nitrogens is 2. The fourth-order valence-electron chi connectivity index (χ4n) is 1.91. The lowest BCUT2D eigenvalue weighted by Gasteiger charge is -2.06. The summed E-state index contributed by atoms with van der Waals surface area (Å²) in [5.41, 5.74) is 2.79. The fraction of sp³-hybridized carbons (Fsp3) is 0.267. The molecule has 0 saturated carbocycles. The number of aryl methyl sites for hydroxylation is 2. The van der Waals surface area contributed by atoms with E-state index in [-0.39, 0.29) is 6.42 Å². The number of rotatable bonds is 5. The van der Waals surface area contributed by atoms with E-state index in [9.17, 15) is 4.79 Å². The van der Waals surface area contributed by atoms with Crippen LogP contribution in [0.15, 0.2) is 34.8 Å². The first-order valence-corrected chi connectivity index (χ1v) is 7.16. The Kier molecular flexibility index (Phi) is 4.84. The molecule has 0 unspecified atom stereocenters. The molecule has 1 aromatic carbocycles. The summed E-state index contributed by atoms with van der Waals surface area (Å²) >= 11 is 3.41. The highest BCUT2D eigenvalue weighted by molar-refractivity contribution is 9.10. The van der Waals surface area contributed by atoms with Gasteiger partial charge in [0, 0.05) is 28.6 Å². The molecule has 104 valence electrons. The molecule has 0 bridgehead atoms. The van der Waals surface area contributed by atoms with E-state index >= 15 is 0 Å². The van der Waals surface area contributed by atoms with Crippen LogP contribution in [0.3, 0.4) is 0 Å². The predicted octanol–water partition coefficient (Wildman–Crippen LogP) is 3.62. The Labute approximate surface area is 126 Å². The highest BCUT2D eigenvalue weighted by atomic mass is 79.9. The standard InChI is InChI=1S/C15H15BrN2O2/c1-10-9-13(11-5-7-12(16)8-6-11)18-14(17-10)3-2-4-15(19)20/h5-9H,2-4H2,1H3,(H,19,20). The zero-order chi connectivity index (χ0) is 14.5. The summed E-state index contributed by atoms with van der Waals surface area (Å²) in [4.78, 5) is 19.4. The molecule has 2 rings (SSSR count). The Bertz CT molecular complexity index is 612. The molecule has 1 heterocycles. The summed E-state index contributed by atoms with van der Waals surface area (Å²) in [5, 5.41) is 8.66. The van der Waals surface area contributed by atoms with Crippen LogP contribution in [0.2, 0.25) is 0 Å². The van der Waals surface area contributed by atoms with Gasteiger partial charge in [0.25, 0.3) is 0 Å². The molecule has 0 aliphatic carbocycles. The molecule has 1 N–H and O–H groups in total. The minimum Gasteiger partial charge on any atom is -0.481 e. The molecule has 0 fully saturated rings. The van der Waals surface area contributed by atoms with Crippen molar-refractivity contribution in [1.29, 1.82) is 0 Å². The molecule has 0 aliphatic rings. The third-order valence-corrected chi connectivity index (χ3v) is 3.36. The lowest BCUT2D eigenvalue weighted by Crippen LogP contribution is -2.02. The van der Waals surface area contributed by atoms with Gasteiger partial charge in [-0.25, -0.2) is 9.97 Å². The van der Waals surface area contributed by atoms with Crippen LogP contribution in [0.4, 0.5) is 0 Å². The van der Waals surface area contributed by atoms with Crippen LogP contribution in [0.5, 0.6) is 0 Å². The molecule has 20 heavy (non-hydrogen) atoms. The van der Waals surface area contributed by atoms with E-state index in [4.69, 9.17) is 5.11 Å². The Morgan fingerprint density at radius 2 is 1.95 bits per heavy atom. The third-order valence-electron chi connectivity index (χ3n) is 2.83. The number of benzene rings is 1. The Balaban J connectivity index is 2.19. The minimum absolute atomic E-state index is 0.144. The van der Waals surface area contributed by atoms with Gasteiger partial charge in [-0.05, 0) is 31.5 Å². The van der Waals surface area contributed by atoms with Crippen molar-refractivity contribution in [2.75, 3.05) is 0 Å². The Morgan fingerprint density at radius 1 is 1.25 bits per heavy atom. The van der Waals surface area contributed by atoms with Crippen molar-refractivity contribution in [2.45, 2.75) is 26.2 Å². The number of carboxylic acid groups (broad SMARTS) is 1. The molecule has 0 saturated heterocycles. The second-order valence-corrected chi connectivity index (χ2v) is 5.48. The van der Waals surface area contributed by atoms with E-state index in [1.165, 1.54) is 0 Å². The van der Waals surface area contributed by atoms with Gasteiger partial charge in [0.15, 0.2) is 0 Å². The van der Waals surface area contributed by atoms with Crippen molar-refractivity contribution in [3.8, 4) is 11.3 Å². The SMILES string of the molecule is Cc1cc(-c2ccc(Br)cc2)nc(CCCC(=O)O)n1. The van der Waals surface area contributed by atoms with Crippen LogP contribution in [0, 0.1) is 6.92 Å². The molecule has 0 atom stereocenters. The van der Waals surface area contributed by atoms with E-state index in [0.717, 1.165) is 21.4 Å². The Hall–Kier alpha value is -1.75. The first-order chi connectivity index (χ1) is 9.54. The van der Waals surface area contributed by atoms with E-state index in [0.29, 0.717) is 18.7 Å². The maximum atomic E-state index is 10.5. The summed E-state index contributed by atoms with van der Waals surface area (Å²) in [6.07, 6.45) is 1.28. The number of nitrogens with zero attached hydrogens (tertiary/aromatic N) is 2. The van der Waals surface area contributed by atoms with Gasteiger partial charge in [-0.3, -0.25) is 4.79 Å². The lowest BCUT2D eigenvalue weighted by molar-refractivity contribution is -0.137. The van der Waals surface area contributed by atoms with Crippen molar-refractivity contribution >= 4 is 21.9 Å². The van der Waals surface area contributed by atoms with Crippen molar-refractivity contribution in [1.82, 2.24) is 9.97 Å². The van der Waals surface area contributed by atoms with E-state index in [1.807, 2.05) is 37.3 Å². The minimum atomic E-state index is -0.786. The van der Waals surface area contributed by atoms with Gasteiger partial charge in [0.1, 0.15) is 5.82 Å². The molecule has 5 heteroatoms. The third kappa shape index (κ3) is 4.13. The van der Waals surface area contributed by atoms with Gasteiger partial charge in [0.05, 0.1) is 5.69 Å². The van der Waals surface area contributed by atoms with Gasteiger partial charge >= 0.3 is 5.97 Å². The highest BCUT2D eigenvalue weighted by Crippen LogP contribution is 2.21. The first kappa shape index (κ1) is 14.7. The summed E-state index contributed by atoms with van der Waals surface area (Å²) in [6.45, 7) is 1.92. The van der Waals surface area contributed by atoms with Crippen molar-refractivity contribution in [3.05, 3.63) is 46.3 Å². The van der Waals surface area contributed by atoms with E-state index in [1.54, 1.807) is 0 Å². The number of hydrogen-bond acceptors (Lipinski definition) is 3. The van der Waals surface area contributed by atoms with Crippen molar-refractivity contribution < 1.29 is 9.90 Å². The monoisotopic (exact) mass is 334 g/mol. The molecule has 2 aromatic rings. The van der Waals surface area contributed by atoms with Crippen LogP contribution in [-0.4, -0.2) is 21.0 Å². The Morgan fingerprint density at radius 3 is 2.60 bits per heavy atom. The van der Waals surface area contributed by atoms with Gasteiger partial charge in [-0.2, -0.15) is 0 Å². The first-order valence-electron chi connectivity index (χ1n) is 6.37. The van der Waals surface area contributed by atoms with Crippen molar-refractivity contribution in [2.24, 2.45) is 0 Å². The summed E-state index contributed by atoms with van der Waals surface area (Å²) in [6, 6.07) is 9.86. The molecular formula is C15H15BrN2O2. The maximum absolute atomic E-state index is 10.5. The average molecular weight is 335 g/mol. The molecule has 0 spiro atoms. The molecule has 0 radical (unpaired) electrons. The molecular weight excluding hydrogens is 320 g/mol. The largest absolute Gasteiger partial charge is 0.481 e. The van der Waals surface area contributed by atoms with Crippen LogP contribution >= 0.6 is 15.9 Å². The van der Waals surface area contributed by atoms with Gasteiger partial charge in [0.2, 0.25) is 0 Å². The number of carbonyl (C=O) groups is 1. The number of carboxylic acids is 1. The summed E-state index contributed by atoms with van der Waals surface area (Å²) in [7, 11) is 0. The lowest BCUT2D eigenvalue weighted by atomic mass is 10.1. The topological polar surface area (TPSA) is 63.1 Å². The molecule has 4 nitrogen and oxygen atoms in total. The summed E-state index contributed by atoms with van der Waals surface area (Å²) < 4.78 is 1.02. The number of aliphatic carboxylic acids is 1. The zero-order valence-electron chi connectivity index (χ0n) is 11.1. The zero-order valence-corrected chi connectivity index (χ0v) is 12.7. The van der Waals surface area contributed by atoms with E-state index < -0.39 is 5.97 Å². The fourth-order valence-corrected chi connectivity index (χ4v) is 2.17. The van der Waals surface area contributed by atoms with E-state index in [2.05, 4.69) is 25.9 Å². The normalized spacial score (nSPS) is 10.5. The van der Waals surface area contributed by atoms with Gasteiger partial charge in [-0.1, -0.05) is 28.1 Å². The predicted molar refractivity (Wildman–Crippen MR) is 80.5 cm³/mol. The number of hydrogen-bond donors (Lipinski definition) is 1. The van der Waals surface area contributed by atoms with Crippen molar-refractivity contribution in [3.63, 3.8) is 0 Å². The summed E-state index contributed by atoms with van der Waals surface area (Å²) in [5.74, 6) is -0.0880. The molecule has 0 amide bonds. The quantitative estimate of drug-likeness (QED) is 0.906. The van der Waals surface area contributed by atoms with Gasteiger partial charge < -0.3 is 5.11 Å². The van der Waals surface area contributed by atoms with Crippen LogP contribution in [0.25, 0.3) is 11.3 Å². The maximum Gasteiger partial charge on any atom is 0.303 e. The molecule has 1 aromatic heterocycles. The van der Waals surface area contributed by atoms with Gasteiger partial charge in [-0.15, -0.1) is 0 Å². The van der Waals surface area contributed by atoms with Crippen LogP contribution in [0.1, 0.15) is 24.4 Å². The average Bonchev–Trinajstić information content (AvgIpc) is 2.38. The molecule has 0 aliphatic heterocycles. The van der Waals surface area contributed by atoms with Crippen LogP contribution in [-0.2, 0) is 11.2 Å². The second kappa shape index (κ2) is 6.61. The number of halogens is 1.